The number of carbonyl (C=O) groups excluding carboxylic acids is 1. The van der Waals surface area contributed by atoms with Crippen LogP contribution in [0.25, 0.3) is 0 Å². The first-order chi connectivity index (χ1) is 9.77. The number of rotatable bonds is 4. The van der Waals surface area contributed by atoms with Crippen LogP contribution in [0.2, 0.25) is 5.02 Å². The second-order valence-electron chi connectivity index (χ2n) is 6.86. The summed E-state index contributed by atoms with van der Waals surface area (Å²) < 4.78 is 13.4. The van der Waals surface area contributed by atoms with Crippen LogP contribution < -0.4 is 0 Å². The first kappa shape index (κ1) is 16.4. The fourth-order valence-corrected chi connectivity index (χ4v) is 2.89. The molecule has 1 aliphatic heterocycles. The lowest BCUT2D eigenvalue weighted by molar-refractivity contribution is -0.128. The van der Waals surface area contributed by atoms with E-state index in [4.69, 9.17) is 11.6 Å². The Kier molecular flexibility index (Phi) is 5.05. The molecule has 1 saturated heterocycles. The summed E-state index contributed by atoms with van der Waals surface area (Å²) in [6.07, 6.45) is -0.197. The number of carbonyl (C=O) groups is 1. The molecule has 21 heavy (non-hydrogen) atoms. The summed E-state index contributed by atoms with van der Waals surface area (Å²) in [5.74, 6) is -0.0419. The Morgan fingerprint density at radius 3 is 2.48 bits per heavy atom. The van der Waals surface area contributed by atoms with Gasteiger partial charge in [0.15, 0.2) is 0 Å². The third-order valence-corrected chi connectivity index (χ3v) is 4.24. The van der Waals surface area contributed by atoms with Crippen molar-refractivity contribution < 1.29 is 9.18 Å². The molecule has 2 rings (SSSR count). The van der Waals surface area contributed by atoms with Crippen LogP contribution in [0.4, 0.5) is 4.39 Å². The smallest absolute Gasteiger partial charge is 0.146 e. The average molecular weight is 312 g/mol. The molecule has 1 heterocycles. The molecule has 1 aliphatic rings. The van der Waals surface area contributed by atoms with E-state index in [0.29, 0.717) is 24.5 Å². The summed E-state index contributed by atoms with van der Waals surface area (Å²) in [6, 6.07) is 7.42. The van der Waals surface area contributed by atoms with E-state index in [-0.39, 0.29) is 11.7 Å². The van der Waals surface area contributed by atoms with Crippen LogP contribution in [-0.2, 0) is 4.79 Å². The minimum absolute atomic E-state index is 0.187. The molecular formula is C17H23ClFNO. The highest BCUT2D eigenvalue weighted by Gasteiger charge is 2.33. The quantitative estimate of drug-likeness (QED) is 0.835. The Balaban J connectivity index is 2.21. The molecule has 2 atom stereocenters. The van der Waals surface area contributed by atoms with Crippen molar-refractivity contribution in [1.29, 1.82) is 0 Å². The van der Waals surface area contributed by atoms with Gasteiger partial charge in [-0.05, 0) is 24.1 Å². The van der Waals surface area contributed by atoms with E-state index in [0.717, 1.165) is 12.1 Å². The molecule has 1 aromatic rings. The molecule has 0 N–H and O–H groups in total. The molecule has 2 nitrogen and oxygen atoms in total. The van der Waals surface area contributed by atoms with Crippen LogP contribution in [0.5, 0.6) is 0 Å². The second kappa shape index (κ2) is 6.45. The van der Waals surface area contributed by atoms with E-state index < -0.39 is 11.6 Å². The first-order valence-electron chi connectivity index (χ1n) is 7.43. The van der Waals surface area contributed by atoms with Crippen LogP contribution in [0.1, 0.15) is 38.7 Å². The number of hydrogen-bond acceptors (Lipinski definition) is 2. The van der Waals surface area contributed by atoms with Gasteiger partial charge in [0.25, 0.3) is 0 Å². The third kappa shape index (κ3) is 4.27. The van der Waals surface area contributed by atoms with Gasteiger partial charge in [-0.2, -0.15) is 0 Å². The minimum atomic E-state index is -0.763. The minimum Gasteiger partial charge on any atom is -0.299 e. The van der Waals surface area contributed by atoms with Crippen molar-refractivity contribution >= 4 is 17.4 Å². The largest absolute Gasteiger partial charge is 0.299 e. The Labute approximate surface area is 131 Å². The summed E-state index contributed by atoms with van der Waals surface area (Å²) in [7, 11) is 0. The molecule has 0 aliphatic carbocycles. The Morgan fingerprint density at radius 2 is 2.00 bits per heavy atom. The molecule has 1 aromatic carbocycles. The molecule has 116 valence electrons. The second-order valence-corrected chi connectivity index (χ2v) is 7.30. The topological polar surface area (TPSA) is 20.3 Å². The summed E-state index contributed by atoms with van der Waals surface area (Å²) in [5, 5.41) is 0.658. The fourth-order valence-electron chi connectivity index (χ4n) is 2.77. The molecule has 0 saturated carbocycles. The van der Waals surface area contributed by atoms with Crippen molar-refractivity contribution in [2.45, 2.75) is 39.3 Å². The summed E-state index contributed by atoms with van der Waals surface area (Å²) in [4.78, 5) is 14.8. The number of benzene rings is 1. The molecular weight excluding hydrogens is 289 g/mol. The zero-order valence-corrected chi connectivity index (χ0v) is 13.7. The maximum absolute atomic E-state index is 13.4. The maximum Gasteiger partial charge on any atom is 0.146 e. The molecule has 0 radical (unpaired) electrons. The van der Waals surface area contributed by atoms with E-state index >= 15 is 0 Å². The molecule has 0 amide bonds. The third-order valence-electron chi connectivity index (χ3n) is 3.98. The number of ketones is 1. The SMILES string of the molecule is CC(C)(C)C(=O)C(CN1CC[C@H](F)C1)c1ccc(Cl)cc1. The van der Waals surface area contributed by atoms with Gasteiger partial charge in [0.1, 0.15) is 12.0 Å². The highest BCUT2D eigenvalue weighted by molar-refractivity contribution is 6.30. The van der Waals surface area contributed by atoms with Gasteiger partial charge in [-0.3, -0.25) is 9.69 Å². The molecule has 0 aromatic heterocycles. The van der Waals surface area contributed by atoms with Crippen molar-refractivity contribution in [3.05, 3.63) is 34.9 Å². The van der Waals surface area contributed by atoms with Gasteiger partial charge in [0.05, 0.1) is 5.92 Å². The number of alkyl halides is 1. The highest BCUT2D eigenvalue weighted by atomic mass is 35.5. The lowest BCUT2D eigenvalue weighted by Gasteiger charge is -2.28. The van der Waals surface area contributed by atoms with Crippen LogP contribution in [0, 0.1) is 5.41 Å². The number of likely N-dealkylation sites (tertiary alicyclic amines) is 1. The zero-order valence-electron chi connectivity index (χ0n) is 12.9. The number of halogens is 2. The summed E-state index contributed by atoms with van der Waals surface area (Å²) >= 11 is 5.93. The van der Waals surface area contributed by atoms with Crippen molar-refractivity contribution in [2.24, 2.45) is 5.41 Å². The Bertz CT molecular complexity index is 495. The normalized spacial score (nSPS) is 21.5. The van der Waals surface area contributed by atoms with Gasteiger partial charge >= 0.3 is 0 Å². The van der Waals surface area contributed by atoms with Crippen LogP contribution in [0.15, 0.2) is 24.3 Å². The van der Waals surface area contributed by atoms with Gasteiger partial charge in [-0.1, -0.05) is 44.5 Å². The number of nitrogens with zero attached hydrogens (tertiary/aromatic N) is 1. The monoisotopic (exact) mass is 311 g/mol. The lowest BCUT2D eigenvalue weighted by atomic mass is 9.79. The molecule has 1 fully saturated rings. The van der Waals surface area contributed by atoms with E-state index in [1.807, 2.05) is 49.9 Å². The molecule has 4 heteroatoms. The standard InChI is InChI=1S/C17H23ClFNO/c1-17(2,3)16(21)15(11-20-9-8-14(19)10-20)12-4-6-13(18)7-5-12/h4-7,14-15H,8-11H2,1-3H3/t14-,15?/m0/s1. The lowest BCUT2D eigenvalue weighted by Crippen LogP contribution is -2.35. The van der Waals surface area contributed by atoms with Gasteiger partial charge < -0.3 is 0 Å². The van der Waals surface area contributed by atoms with Crippen LogP contribution >= 0.6 is 11.6 Å². The van der Waals surface area contributed by atoms with E-state index in [1.54, 1.807) is 0 Å². The van der Waals surface area contributed by atoms with E-state index in [2.05, 4.69) is 0 Å². The first-order valence-corrected chi connectivity index (χ1v) is 7.81. The average Bonchev–Trinajstić information content (AvgIpc) is 2.81. The highest BCUT2D eigenvalue weighted by Crippen LogP contribution is 2.30. The number of Topliss-reactive ketones (excluding diaryl/α,β-unsaturated/α-hetero) is 1. The Morgan fingerprint density at radius 1 is 1.38 bits per heavy atom. The predicted octanol–water partition coefficient (Wildman–Crippen LogP) is 4.08. The summed E-state index contributed by atoms with van der Waals surface area (Å²) in [6.45, 7) is 7.53. The van der Waals surface area contributed by atoms with Gasteiger partial charge in [0.2, 0.25) is 0 Å². The van der Waals surface area contributed by atoms with Crippen LogP contribution in [0.3, 0.4) is 0 Å². The molecule has 1 unspecified atom stereocenters. The van der Waals surface area contributed by atoms with Crippen molar-refractivity contribution in [2.75, 3.05) is 19.6 Å². The van der Waals surface area contributed by atoms with Crippen molar-refractivity contribution in [3.8, 4) is 0 Å². The summed E-state index contributed by atoms with van der Waals surface area (Å²) in [5.41, 5.74) is 0.542. The van der Waals surface area contributed by atoms with Gasteiger partial charge in [0, 0.05) is 30.1 Å². The van der Waals surface area contributed by atoms with E-state index in [1.165, 1.54) is 0 Å². The molecule has 0 spiro atoms. The predicted molar refractivity (Wildman–Crippen MR) is 84.6 cm³/mol. The van der Waals surface area contributed by atoms with Gasteiger partial charge in [-0.15, -0.1) is 0 Å². The molecule has 0 bridgehead atoms. The fraction of sp³-hybridized carbons (Fsp3) is 0.588. The van der Waals surface area contributed by atoms with Crippen molar-refractivity contribution in [3.63, 3.8) is 0 Å². The van der Waals surface area contributed by atoms with E-state index in [9.17, 15) is 9.18 Å². The van der Waals surface area contributed by atoms with Gasteiger partial charge in [-0.25, -0.2) is 4.39 Å². The van der Waals surface area contributed by atoms with Crippen molar-refractivity contribution in [1.82, 2.24) is 4.90 Å². The zero-order chi connectivity index (χ0) is 15.6. The maximum atomic E-state index is 13.4. The van der Waals surface area contributed by atoms with Crippen LogP contribution in [-0.4, -0.2) is 36.5 Å². The Hall–Kier alpha value is -0.930. The number of hydrogen-bond donors (Lipinski definition) is 0.